The molecule has 0 amide bonds. The predicted octanol–water partition coefficient (Wildman–Crippen LogP) is 3.65. The minimum Gasteiger partial charge on any atom is -0.368 e. The molecule has 0 bridgehead atoms. The van der Waals surface area contributed by atoms with Gasteiger partial charge in [0.2, 0.25) is 5.95 Å². The molecular formula is C20H21F3N4O. The van der Waals surface area contributed by atoms with Crippen LogP contribution in [0.1, 0.15) is 40.2 Å². The van der Waals surface area contributed by atoms with Crippen molar-refractivity contribution in [2.24, 2.45) is 0 Å². The highest BCUT2D eigenvalue weighted by Crippen LogP contribution is 2.32. The quantitative estimate of drug-likeness (QED) is 0.784. The minimum absolute atomic E-state index is 0.111. The molecule has 4 rings (SSSR count). The summed E-state index contributed by atoms with van der Waals surface area (Å²) < 4.78 is 38.9. The standard InChI is InChI=1S/C20H21F3N4O/c1-13-18-16(6-3-7-17(18)28)25-19(24-13)27-10-8-26(9-11-27)15-5-2-4-14(12-15)20(21,22)23/h2,4-5,12H,3,6-11H2,1H3. The lowest BCUT2D eigenvalue weighted by molar-refractivity contribution is -0.137. The second-order valence-electron chi connectivity index (χ2n) is 7.23. The second-order valence-corrected chi connectivity index (χ2v) is 7.23. The SMILES string of the molecule is Cc1nc(N2CCN(c3cccc(C(F)(F)F)c3)CC2)nc2c1C(=O)CCC2. The van der Waals surface area contributed by atoms with Crippen LogP contribution in [0, 0.1) is 6.92 Å². The van der Waals surface area contributed by atoms with Gasteiger partial charge in [0.15, 0.2) is 5.78 Å². The number of hydrogen-bond donors (Lipinski definition) is 0. The molecule has 2 aliphatic rings. The van der Waals surface area contributed by atoms with Crippen LogP contribution in [0.4, 0.5) is 24.8 Å². The van der Waals surface area contributed by atoms with Gasteiger partial charge in [-0.2, -0.15) is 13.2 Å². The fourth-order valence-corrected chi connectivity index (χ4v) is 3.89. The van der Waals surface area contributed by atoms with Crippen molar-refractivity contribution in [3.05, 3.63) is 46.8 Å². The van der Waals surface area contributed by atoms with Crippen molar-refractivity contribution < 1.29 is 18.0 Å². The highest BCUT2D eigenvalue weighted by atomic mass is 19.4. The van der Waals surface area contributed by atoms with Crippen LogP contribution in [0.5, 0.6) is 0 Å². The van der Waals surface area contributed by atoms with Crippen LogP contribution < -0.4 is 9.80 Å². The topological polar surface area (TPSA) is 49.3 Å². The molecule has 148 valence electrons. The summed E-state index contributed by atoms with van der Waals surface area (Å²) in [7, 11) is 0. The molecule has 0 saturated carbocycles. The van der Waals surface area contributed by atoms with Crippen LogP contribution in [-0.4, -0.2) is 41.9 Å². The first-order valence-corrected chi connectivity index (χ1v) is 9.41. The zero-order chi connectivity index (χ0) is 19.9. The Bertz CT molecular complexity index is 905. The van der Waals surface area contributed by atoms with Crippen LogP contribution >= 0.6 is 0 Å². The van der Waals surface area contributed by atoms with E-state index in [1.807, 2.05) is 16.7 Å². The molecule has 1 aromatic heterocycles. The van der Waals surface area contributed by atoms with Crippen molar-refractivity contribution in [1.82, 2.24) is 9.97 Å². The number of nitrogens with zero attached hydrogens (tertiary/aromatic N) is 4. The Balaban J connectivity index is 1.49. The summed E-state index contributed by atoms with van der Waals surface area (Å²) in [5.41, 5.74) is 2.13. The Hall–Kier alpha value is -2.64. The summed E-state index contributed by atoms with van der Waals surface area (Å²) in [6.07, 6.45) is -2.21. The summed E-state index contributed by atoms with van der Waals surface area (Å²) in [6, 6.07) is 5.43. The number of fused-ring (bicyclic) bond motifs is 1. The lowest BCUT2D eigenvalue weighted by Gasteiger charge is -2.36. The van der Waals surface area contributed by atoms with E-state index in [0.717, 1.165) is 24.6 Å². The Morgan fingerprint density at radius 1 is 1.00 bits per heavy atom. The van der Waals surface area contributed by atoms with Crippen molar-refractivity contribution in [3.8, 4) is 0 Å². The van der Waals surface area contributed by atoms with Gasteiger partial charge >= 0.3 is 6.18 Å². The molecule has 0 spiro atoms. The third-order valence-electron chi connectivity index (χ3n) is 5.35. The van der Waals surface area contributed by atoms with Gasteiger partial charge in [-0.25, -0.2) is 9.97 Å². The van der Waals surface area contributed by atoms with E-state index in [0.29, 0.717) is 55.5 Å². The Labute approximate surface area is 161 Å². The Kier molecular flexibility index (Phi) is 4.72. The maximum atomic E-state index is 13.0. The molecule has 1 aromatic carbocycles. The minimum atomic E-state index is -4.34. The predicted molar refractivity (Wildman–Crippen MR) is 99.9 cm³/mol. The van der Waals surface area contributed by atoms with Gasteiger partial charge in [-0.15, -0.1) is 0 Å². The molecule has 1 fully saturated rings. The molecule has 8 heteroatoms. The average Bonchev–Trinajstić information content (AvgIpc) is 2.67. The number of benzene rings is 1. The molecule has 0 unspecified atom stereocenters. The molecule has 28 heavy (non-hydrogen) atoms. The van der Waals surface area contributed by atoms with E-state index in [1.54, 1.807) is 6.07 Å². The van der Waals surface area contributed by atoms with Crippen LogP contribution in [0.2, 0.25) is 0 Å². The molecule has 0 N–H and O–H groups in total. The van der Waals surface area contributed by atoms with E-state index in [4.69, 9.17) is 0 Å². The summed E-state index contributed by atoms with van der Waals surface area (Å²) in [4.78, 5) is 25.2. The fraction of sp³-hybridized carbons (Fsp3) is 0.450. The molecule has 2 aromatic rings. The number of aromatic nitrogens is 2. The second kappa shape index (κ2) is 7.07. The smallest absolute Gasteiger partial charge is 0.368 e. The summed E-state index contributed by atoms with van der Waals surface area (Å²) in [5, 5.41) is 0. The zero-order valence-electron chi connectivity index (χ0n) is 15.6. The lowest BCUT2D eigenvalue weighted by Crippen LogP contribution is -2.47. The van der Waals surface area contributed by atoms with Gasteiger partial charge < -0.3 is 9.80 Å². The van der Waals surface area contributed by atoms with Gasteiger partial charge in [0.25, 0.3) is 0 Å². The third-order valence-corrected chi connectivity index (χ3v) is 5.35. The zero-order valence-corrected chi connectivity index (χ0v) is 15.6. The molecule has 0 atom stereocenters. The largest absolute Gasteiger partial charge is 0.416 e. The third kappa shape index (κ3) is 3.55. The van der Waals surface area contributed by atoms with Gasteiger partial charge in [0.05, 0.1) is 22.5 Å². The summed E-state index contributed by atoms with van der Waals surface area (Å²) in [5.74, 6) is 0.717. The molecule has 1 saturated heterocycles. The van der Waals surface area contributed by atoms with Crippen LogP contribution in [0.25, 0.3) is 0 Å². The first kappa shape index (κ1) is 18.7. The van der Waals surface area contributed by atoms with Crippen molar-refractivity contribution >= 4 is 17.4 Å². The van der Waals surface area contributed by atoms with Crippen LogP contribution in [0.15, 0.2) is 24.3 Å². The number of rotatable bonds is 2. The van der Waals surface area contributed by atoms with E-state index < -0.39 is 11.7 Å². The molecule has 1 aliphatic carbocycles. The number of Topliss-reactive ketones (excluding diaryl/α,β-unsaturated/α-hetero) is 1. The normalized spacial score (nSPS) is 17.6. The number of aryl methyl sites for hydroxylation is 2. The van der Waals surface area contributed by atoms with Crippen molar-refractivity contribution in [2.75, 3.05) is 36.0 Å². The van der Waals surface area contributed by atoms with E-state index in [1.165, 1.54) is 12.1 Å². The monoisotopic (exact) mass is 390 g/mol. The number of anilines is 2. The number of piperazine rings is 1. The number of halogens is 3. The molecular weight excluding hydrogens is 369 g/mol. The van der Waals surface area contributed by atoms with Gasteiger partial charge in [-0.1, -0.05) is 6.07 Å². The molecule has 0 radical (unpaired) electrons. The fourth-order valence-electron chi connectivity index (χ4n) is 3.89. The Morgan fingerprint density at radius 2 is 1.71 bits per heavy atom. The number of hydrogen-bond acceptors (Lipinski definition) is 5. The van der Waals surface area contributed by atoms with E-state index in [-0.39, 0.29) is 5.78 Å². The number of carbonyl (C=O) groups excluding carboxylic acids is 1. The van der Waals surface area contributed by atoms with Crippen molar-refractivity contribution in [1.29, 1.82) is 0 Å². The number of alkyl halides is 3. The lowest BCUT2D eigenvalue weighted by atomic mass is 9.94. The first-order valence-electron chi connectivity index (χ1n) is 9.41. The van der Waals surface area contributed by atoms with E-state index >= 15 is 0 Å². The van der Waals surface area contributed by atoms with Gasteiger partial charge in [0, 0.05) is 38.3 Å². The number of ketones is 1. The molecule has 5 nitrogen and oxygen atoms in total. The van der Waals surface area contributed by atoms with Crippen molar-refractivity contribution in [3.63, 3.8) is 0 Å². The van der Waals surface area contributed by atoms with Crippen LogP contribution in [0.3, 0.4) is 0 Å². The molecule has 1 aliphatic heterocycles. The highest BCUT2D eigenvalue weighted by Gasteiger charge is 2.31. The molecule has 2 heterocycles. The summed E-state index contributed by atoms with van der Waals surface area (Å²) >= 11 is 0. The average molecular weight is 390 g/mol. The maximum absolute atomic E-state index is 13.0. The first-order chi connectivity index (χ1) is 13.3. The number of carbonyl (C=O) groups is 1. The van der Waals surface area contributed by atoms with E-state index in [9.17, 15) is 18.0 Å². The van der Waals surface area contributed by atoms with Gasteiger partial charge in [-0.05, 0) is 38.0 Å². The van der Waals surface area contributed by atoms with Crippen molar-refractivity contribution in [2.45, 2.75) is 32.4 Å². The van der Waals surface area contributed by atoms with Gasteiger partial charge in [-0.3, -0.25) is 4.79 Å². The summed E-state index contributed by atoms with van der Waals surface area (Å²) in [6.45, 7) is 4.23. The van der Waals surface area contributed by atoms with Crippen LogP contribution in [-0.2, 0) is 12.6 Å². The Morgan fingerprint density at radius 3 is 2.43 bits per heavy atom. The maximum Gasteiger partial charge on any atom is 0.416 e. The van der Waals surface area contributed by atoms with E-state index in [2.05, 4.69) is 9.97 Å². The highest BCUT2D eigenvalue weighted by molar-refractivity contribution is 5.99. The van der Waals surface area contributed by atoms with Gasteiger partial charge in [0.1, 0.15) is 0 Å².